The Hall–Kier alpha value is -2.41. The fourth-order valence-corrected chi connectivity index (χ4v) is 1.97. The summed E-state index contributed by atoms with van der Waals surface area (Å²) in [5.41, 5.74) is 0.886. The number of hydrogen-bond donors (Lipinski definition) is 1. The third-order valence-electron chi connectivity index (χ3n) is 2.98. The summed E-state index contributed by atoms with van der Waals surface area (Å²) in [5.74, 6) is -0.242. The van der Waals surface area contributed by atoms with Crippen molar-refractivity contribution in [1.82, 2.24) is 19.7 Å². The number of methoxy groups -OCH3 is 1. The van der Waals surface area contributed by atoms with Crippen LogP contribution in [0.2, 0.25) is 0 Å². The molecule has 0 radical (unpaired) electrons. The smallest absolute Gasteiger partial charge is 0.270 e. The van der Waals surface area contributed by atoms with Gasteiger partial charge in [-0.05, 0) is 6.07 Å². The molecule has 0 atom stereocenters. The number of aryl methyl sites for hydroxylation is 1. The molecule has 1 amide bonds. The average Bonchev–Trinajstić information content (AvgIpc) is 2.88. The van der Waals surface area contributed by atoms with Crippen molar-refractivity contribution < 1.29 is 9.53 Å². The second-order valence-corrected chi connectivity index (χ2v) is 4.67. The number of H-pyrrole nitrogens is 1. The first-order valence-corrected chi connectivity index (χ1v) is 6.55. The standard InChI is InChI=1S/C14H18N4O3/c1-17-9-11(8-15-17)10-18(6-7-21-2)14(20)12-4-3-5-13(19)16-12/h3-5,8-9H,6-7,10H2,1-2H3,(H,16,19). The zero-order valence-corrected chi connectivity index (χ0v) is 12.1. The van der Waals surface area contributed by atoms with E-state index in [1.54, 1.807) is 35.0 Å². The Bertz CT molecular complexity index is 662. The van der Waals surface area contributed by atoms with Crippen LogP contribution in [0.5, 0.6) is 0 Å². The van der Waals surface area contributed by atoms with Crippen LogP contribution in [-0.2, 0) is 18.3 Å². The Kier molecular flexibility index (Phi) is 4.89. The number of ether oxygens (including phenoxy) is 1. The monoisotopic (exact) mass is 290 g/mol. The van der Waals surface area contributed by atoms with Gasteiger partial charge in [0.2, 0.25) is 5.56 Å². The van der Waals surface area contributed by atoms with Crippen LogP contribution in [0.3, 0.4) is 0 Å². The molecule has 0 aromatic carbocycles. The van der Waals surface area contributed by atoms with Crippen LogP contribution in [-0.4, -0.2) is 45.8 Å². The SMILES string of the molecule is COCCN(Cc1cnn(C)c1)C(=O)c1cccc(=O)[nH]1. The lowest BCUT2D eigenvalue weighted by atomic mass is 10.2. The van der Waals surface area contributed by atoms with Crippen LogP contribution < -0.4 is 5.56 Å². The highest BCUT2D eigenvalue weighted by Crippen LogP contribution is 2.07. The van der Waals surface area contributed by atoms with Crippen molar-refractivity contribution in [2.24, 2.45) is 7.05 Å². The lowest BCUT2D eigenvalue weighted by Gasteiger charge is -2.21. The van der Waals surface area contributed by atoms with Gasteiger partial charge in [0.05, 0.1) is 12.8 Å². The van der Waals surface area contributed by atoms with Gasteiger partial charge in [0, 0.05) is 45.1 Å². The van der Waals surface area contributed by atoms with Crippen LogP contribution in [0.4, 0.5) is 0 Å². The van der Waals surface area contributed by atoms with E-state index in [2.05, 4.69) is 10.1 Å². The minimum Gasteiger partial charge on any atom is -0.383 e. The molecule has 7 nitrogen and oxygen atoms in total. The van der Waals surface area contributed by atoms with Gasteiger partial charge in [-0.1, -0.05) is 6.07 Å². The lowest BCUT2D eigenvalue weighted by Crippen LogP contribution is -2.34. The molecule has 7 heteroatoms. The van der Waals surface area contributed by atoms with Crippen molar-refractivity contribution in [2.45, 2.75) is 6.54 Å². The topological polar surface area (TPSA) is 80.2 Å². The first-order valence-electron chi connectivity index (χ1n) is 6.55. The fourth-order valence-electron chi connectivity index (χ4n) is 1.97. The number of aromatic nitrogens is 3. The van der Waals surface area contributed by atoms with Gasteiger partial charge in [0.1, 0.15) is 5.69 Å². The summed E-state index contributed by atoms with van der Waals surface area (Å²) in [4.78, 5) is 28.0. The van der Waals surface area contributed by atoms with Crippen LogP contribution in [0, 0.1) is 0 Å². The number of nitrogens with zero attached hydrogens (tertiary/aromatic N) is 3. The van der Waals surface area contributed by atoms with Crippen LogP contribution in [0.15, 0.2) is 35.4 Å². The largest absolute Gasteiger partial charge is 0.383 e. The van der Waals surface area contributed by atoms with E-state index < -0.39 is 0 Å². The predicted molar refractivity (Wildman–Crippen MR) is 76.9 cm³/mol. The van der Waals surface area contributed by atoms with Crippen LogP contribution in [0.25, 0.3) is 0 Å². The summed E-state index contributed by atoms with van der Waals surface area (Å²) in [6, 6.07) is 4.52. The molecule has 0 saturated carbocycles. The normalized spacial score (nSPS) is 10.6. The maximum absolute atomic E-state index is 12.5. The molecule has 0 saturated heterocycles. The van der Waals surface area contributed by atoms with Gasteiger partial charge in [-0.2, -0.15) is 5.10 Å². The second-order valence-electron chi connectivity index (χ2n) is 4.67. The molecule has 2 rings (SSSR count). The molecule has 21 heavy (non-hydrogen) atoms. The fraction of sp³-hybridized carbons (Fsp3) is 0.357. The number of aromatic amines is 1. The van der Waals surface area contributed by atoms with Crippen molar-refractivity contribution in [3.05, 3.63) is 52.2 Å². The minimum absolute atomic E-state index is 0.242. The van der Waals surface area contributed by atoms with Gasteiger partial charge in [-0.3, -0.25) is 14.3 Å². The summed E-state index contributed by atoms with van der Waals surface area (Å²) in [5, 5.41) is 4.09. The molecular weight excluding hydrogens is 272 g/mol. The molecule has 0 spiro atoms. The molecule has 0 unspecified atom stereocenters. The van der Waals surface area contributed by atoms with E-state index in [1.807, 2.05) is 13.2 Å². The molecule has 0 aliphatic carbocycles. The molecule has 2 aromatic heterocycles. The van der Waals surface area contributed by atoms with E-state index >= 15 is 0 Å². The lowest BCUT2D eigenvalue weighted by molar-refractivity contribution is 0.0674. The molecule has 0 bridgehead atoms. The summed E-state index contributed by atoms with van der Waals surface area (Å²) in [6.07, 6.45) is 3.56. The minimum atomic E-state index is -0.297. The summed E-state index contributed by atoms with van der Waals surface area (Å²) < 4.78 is 6.72. The zero-order chi connectivity index (χ0) is 15.2. The molecule has 2 aromatic rings. The first kappa shape index (κ1) is 15.0. The van der Waals surface area contributed by atoms with Crippen LogP contribution >= 0.6 is 0 Å². The molecule has 112 valence electrons. The number of carbonyl (C=O) groups excluding carboxylic acids is 1. The van der Waals surface area contributed by atoms with Crippen molar-refractivity contribution in [3.63, 3.8) is 0 Å². The summed E-state index contributed by atoms with van der Waals surface area (Å²) in [6.45, 7) is 1.26. The van der Waals surface area contributed by atoms with Gasteiger partial charge in [-0.15, -0.1) is 0 Å². The van der Waals surface area contributed by atoms with E-state index in [0.717, 1.165) is 5.56 Å². The van der Waals surface area contributed by atoms with Crippen molar-refractivity contribution in [3.8, 4) is 0 Å². The molecule has 2 heterocycles. The maximum Gasteiger partial charge on any atom is 0.270 e. The number of pyridine rings is 1. The van der Waals surface area contributed by atoms with E-state index in [-0.39, 0.29) is 17.2 Å². The number of rotatable bonds is 6. The molecular formula is C14H18N4O3. The van der Waals surface area contributed by atoms with Crippen molar-refractivity contribution in [2.75, 3.05) is 20.3 Å². The van der Waals surface area contributed by atoms with Crippen molar-refractivity contribution >= 4 is 5.91 Å². The van der Waals surface area contributed by atoms with Gasteiger partial charge in [-0.25, -0.2) is 0 Å². The van der Waals surface area contributed by atoms with Gasteiger partial charge in [0.25, 0.3) is 5.91 Å². The van der Waals surface area contributed by atoms with E-state index in [0.29, 0.717) is 19.7 Å². The molecule has 0 fully saturated rings. The quantitative estimate of drug-likeness (QED) is 0.835. The molecule has 0 aliphatic heterocycles. The van der Waals surface area contributed by atoms with Gasteiger partial charge >= 0.3 is 0 Å². The second kappa shape index (κ2) is 6.85. The number of carbonyl (C=O) groups is 1. The highest BCUT2D eigenvalue weighted by molar-refractivity contribution is 5.92. The number of nitrogens with one attached hydrogen (secondary N) is 1. The summed E-state index contributed by atoms with van der Waals surface area (Å²) in [7, 11) is 3.40. The van der Waals surface area contributed by atoms with E-state index in [9.17, 15) is 9.59 Å². The highest BCUT2D eigenvalue weighted by atomic mass is 16.5. The van der Waals surface area contributed by atoms with Crippen LogP contribution in [0.1, 0.15) is 16.1 Å². The number of hydrogen-bond acceptors (Lipinski definition) is 4. The van der Waals surface area contributed by atoms with E-state index in [4.69, 9.17) is 4.74 Å². The van der Waals surface area contributed by atoms with Gasteiger partial charge in [0.15, 0.2) is 0 Å². The Balaban J connectivity index is 2.18. The Labute approximate surface area is 122 Å². The van der Waals surface area contributed by atoms with E-state index in [1.165, 1.54) is 6.07 Å². The van der Waals surface area contributed by atoms with Crippen molar-refractivity contribution in [1.29, 1.82) is 0 Å². The third kappa shape index (κ3) is 4.03. The summed E-state index contributed by atoms with van der Waals surface area (Å²) >= 11 is 0. The highest BCUT2D eigenvalue weighted by Gasteiger charge is 2.17. The average molecular weight is 290 g/mol. The Morgan fingerprint density at radius 1 is 1.48 bits per heavy atom. The predicted octanol–water partition coefficient (Wildman–Crippen LogP) is 0.397. The van der Waals surface area contributed by atoms with Gasteiger partial charge < -0.3 is 14.6 Å². The maximum atomic E-state index is 12.5. The number of amides is 1. The Morgan fingerprint density at radius 3 is 2.90 bits per heavy atom. The first-order chi connectivity index (χ1) is 10.1. The molecule has 1 N–H and O–H groups in total. The Morgan fingerprint density at radius 2 is 2.29 bits per heavy atom. The third-order valence-corrected chi connectivity index (χ3v) is 2.98. The molecule has 0 aliphatic rings. The zero-order valence-electron chi connectivity index (χ0n) is 12.1.